The van der Waals surface area contributed by atoms with E-state index in [9.17, 15) is 15.2 Å². The molecule has 5 rings (SSSR count). The Kier molecular flexibility index (Phi) is 7.76. The number of aliphatic hydroxyl groups is 1. The first-order valence-electron chi connectivity index (χ1n) is 13.2. The minimum absolute atomic E-state index is 0.0982. The number of hydrogen-bond donors (Lipinski definition) is 3. The largest absolute Gasteiger partial charge is 0.393 e. The zero-order valence-corrected chi connectivity index (χ0v) is 20.9. The number of nitrogens with one attached hydrogen (secondary N) is 2. The van der Waals surface area contributed by atoms with E-state index in [2.05, 4.69) is 31.8 Å². The standard InChI is InChI=1S/C28H33N7O2/c29-15-13-26(19-3-1-2-4-19)35-18-21(17-31-35)25-14-16-30-28(34-25)33-23-7-5-20(6-8-23)27(37)32-22-9-11-24(36)12-10-22/h5-8,14,16-19,22,24,26,36H,1-4,9-13H2,(H,32,37)(H,30,33,34). The maximum absolute atomic E-state index is 12.6. The third kappa shape index (κ3) is 6.15. The maximum Gasteiger partial charge on any atom is 0.251 e. The molecule has 2 saturated carbocycles. The van der Waals surface area contributed by atoms with Crippen LogP contribution in [0.15, 0.2) is 48.9 Å². The van der Waals surface area contributed by atoms with Gasteiger partial charge in [0, 0.05) is 35.2 Å². The van der Waals surface area contributed by atoms with E-state index >= 15 is 0 Å². The predicted octanol–water partition coefficient (Wildman–Crippen LogP) is 4.76. The van der Waals surface area contributed by atoms with Crippen molar-refractivity contribution in [1.82, 2.24) is 25.1 Å². The number of hydrogen-bond acceptors (Lipinski definition) is 7. The molecule has 2 aliphatic carbocycles. The molecule has 0 radical (unpaired) electrons. The van der Waals surface area contributed by atoms with Crippen LogP contribution in [0.4, 0.5) is 11.6 Å². The fourth-order valence-corrected chi connectivity index (χ4v) is 5.47. The van der Waals surface area contributed by atoms with Gasteiger partial charge in [-0.15, -0.1) is 0 Å². The second-order valence-corrected chi connectivity index (χ2v) is 10.1. The van der Waals surface area contributed by atoms with E-state index in [1.165, 1.54) is 12.8 Å². The lowest BCUT2D eigenvalue weighted by molar-refractivity contribution is 0.0867. The number of nitriles is 1. The van der Waals surface area contributed by atoms with Gasteiger partial charge in [-0.1, -0.05) is 12.8 Å². The Morgan fingerprint density at radius 2 is 1.86 bits per heavy atom. The van der Waals surface area contributed by atoms with Crippen molar-refractivity contribution in [3.8, 4) is 17.3 Å². The van der Waals surface area contributed by atoms with Crippen LogP contribution in [0.3, 0.4) is 0 Å². The zero-order chi connectivity index (χ0) is 25.6. The second kappa shape index (κ2) is 11.5. The highest BCUT2D eigenvalue weighted by atomic mass is 16.3. The molecule has 1 aromatic carbocycles. The van der Waals surface area contributed by atoms with E-state index in [-0.39, 0.29) is 24.1 Å². The van der Waals surface area contributed by atoms with Crippen LogP contribution in [0, 0.1) is 17.2 Å². The van der Waals surface area contributed by atoms with E-state index in [1.54, 1.807) is 24.5 Å². The molecule has 9 heteroatoms. The van der Waals surface area contributed by atoms with Gasteiger partial charge >= 0.3 is 0 Å². The number of aromatic nitrogens is 4. The molecule has 9 nitrogen and oxygen atoms in total. The van der Waals surface area contributed by atoms with Crippen LogP contribution in [0.1, 0.15) is 74.2 Å². The number of aliphatic hydroxyl groups excluding tert-OH is 1. The highest BCUT2D eigenvalue weighted by molar-refractivity contribution is 5.94. The van der Waals surface area contributed by atoms with Gasteiger partial charge in [-0.3, -0.25) is 9.48 Å². The lowest BCUT2D eigenvalue weighted by Gasteiger charge is -2.26. The summed E-state index contributed by atoms with van der Waals surface area (Å²) >= 11 is 0. The number of nitrogens with zero attached hydrogens (tertiary/aromatic N) is 5. The number of amides is 1. The molecule has 0 spiro atoms. The summed E-state index contributed by atoms with van der Waals surface area (Å²) in [5.74, 6) is 0.846. The summed E-state index contributed by atoms with van der Waals surface area (Å²) in [6.07, 6.45) is 13.5. The number of anilines is 2. The Morgan fingerprint density at radius 1 is 1.11 bits per heavy atom. The lowest BCUT2D eigenvalue weighted by Crippen LogP contribution is -2.38. The van der Waals surface area contributed by atoms with Crippen molar-refractivity contribution in [3.05, 3.63) is 54.5 Å². The first kappa shape index (κ1) is 24.9. The number of carbonyl (C=O) groups is 1. The summed E-state index contributed by atoms with van der Waals surface area (Å²) in [7, 11) is 0. The summed E-state index contributed by atoms with van der Waals surface area (Å²) in [6, 6.07) is 11.6. The van der Waals surface area contributed by atoms with E-state index in [0.29, 0.717) is 23.9 Å². The molecular weight excluding hydrogens is 466 g/mol. The van der Waals surface area contributed by atoms with Crippen LogP contribution in [0.2, 0.25) is 0 Å². The number of rotatable bonds is 8. The van der Waals surface area contributed by atoms with E-state index in [4.69, 9.17) is 0 Å². The molecule has 0 aliphatic heterocycles. The Balaban J connectivity index is 1.23. The first-order chi connectivity index (χ1) is 18.1. The van der Waals surface area contributed by atoms with Crippen molar-refractivity contribution in [2.75, 3.05) is 5.32 Å². The summed E-state index contributed by atoms with van der Waals surface area (Å²) < 4.78 is 1.93. The lowest BCUT2D eigenvalue weighted by atomic mass is 9.93. The molecule has 192 valence electrons. The molecule has 2 fully saturated rings. The molecule has 1 unspecified atom stereocenters. The van der Waals surface area contributed by atoms with Crippen LogP contribution in [0.25, 0.3) is 11.3 Å². The van der Waals surface area contributed by atoms with Gasteiger partial charge in [0.05, 0.1) is 36.5 Å². The monoisotopic (exact) mass is 499 g/mol. The van der Waals surface area contributed by atoms with Crippen LogP contribution >= 0.6 is 0 Å². The Bertz CT molecular complexity index is 1240. The normalized spacial score (nSPS) is 20.8. The van der Waals surface area contributed by atoms with Crippen molar-refractivity contribution in [3.63, 3.8) is 0 Å². The van der Waals surface area contributed by atoms with E-state index in [0.717, 1.165) is 55.5 Å². The average Bonchev–Trinajstić information content (AvgIpc) is 3.62. The molecule has 1 atom stereocenters. The SMILES string of the molecule is N#CCC(C1CCCC1)n1cc(-c2ccnc(Nc3ccc(C(=O)NC4CCC(O)CC4)cc3)n2)cn1. The van der Waals surface area contributed by atoms with Crippen LogP contribution in [-0.4, -0.2) is 42.9 Å². The Labute approximate surface area is 217 Å². The molecule has 3 aromatic rings. The molecular formula is C28H33N7O2. The van der Waals surface area contributed by atoms with Gasteiger partial charge in [-0.25, -0.2) is 9.97 Å². The molecule has 1 amide bonds. The molecule has 0 saturated heterocycles. The third-order valence-electron chi connectivity index (χ3n) is 7.57. The smallest absolute Gasteiger partial charge is 0.251 e. The fourth-order valence-electron chi connectivity index (χ4n) is 5.47. The predicted molar refractivity (Wildman–Crippen MR) is 140 cm³/mol. The Morgan fingerprint density at radius 3 is 2.59 bits per heavy atom. The zero-order valence-electron chi connectivity index (χ0n) is 20.9. The quantitative estimate of drug-likeness (QED) is 0.407. The molecule has 2 aromatic heterocycles. The summed E-state index contributed by atoms with van der Waals surface area (Å²) in [6.45, 7) is 0. The van der Waals surface area contributed by atoms with Crippen molar-refractivity contribution >= 4 is 17.5 Å². The molecule has 0 bridgehead atoms. The van der Waals surface area contributed by atoms with E-state index < -0.39 is 0 Å². The van der Waals surface area contributed by atoms with E-state index in [1.807, 2.05) is 29.1 Å². The topological polar surface area (TPSA) is 129 Å². The molecule has 3 N–H and O–H groups in total. The van der Waals surface area contributed by atoms with Crippen molar-refractivity contribution in [2.45, 2.75) is 76.0 Å². The number of carbonyl (C=O) groups excluding carboxylic acids is 1. The van der Waals surface area contributed by atoms with Gasteiger partial charge in [0.25, 0.3) is 5.91 Å². The van der Waals surface area contributed by atoms with Crippen LogP contribution in [0.5, 0.6) is 0 Å². The van der Waals surface area contributed by atoms with Gasteiger partial charge in [-0.2, -0.15) is 10.4 Å². The van der Waals surface area contributed by atoms with Crippen molar-refractivity contribution in [1.29, 1.82) is 5.26 Å². The first-order valence-corrected chi connectivity index (χ1v) is 13.2. The summed E-state index contributed by atoms with van der Waals surface area (Å²) in [4.78, 5) is 21.6. The molecule has 2 heterocycles. The fraction of sp³-hybridized carbons (Fsp3) is 0.464. The van der Waals surface area contributed by atoms with Gasteiger partial charge < -0.3 is 15.7 Å². The van der Waals surface area contributed by atoms with Gasteiger partial charge in [0.15, 0.2) is 0 Å². The highest BCUT2D eigenvalue weighted by Crippen LogP contribution is 2.36. The summed E-state index contributed by atoms with van der Waals surface area (Å²) in [5.41, 5.74) is 3.00. The maximum atomic E-state index is 12.6. The minimum Gasteiger partial charge on any atom is -0.393 e. The number of benzene rings is 1. The van der Waals surface area contributed by atoms with Crippen LogP contribution < -0.4 is 10.6 Å². The van der Waals surface area contributed by atoms with Crippen molar-refractivity contribution in [2.24, 2.45) is 5.92 Å². The van der Waals surface area contributed by atoms with Gasteiger partial charge in [-0.05, 0) is 74.8 Å². The average molecular weight is 500 g/mol. The highest BCUT2D eigenvalue weighted by Gasteiger charge is 2.27. The third-order valence-corrected chi connectivity index (χ3v) is 7.57. The molecule has 2 aliphatic rings. The molecule has 37 heavy (non-hydrogen) atoms. The second-order valence-electron chi connectivity index (χ2n) is 10.1. The Hall–Kier alpha value is -3.77. The van der Waals surface area contributed by atoms with Crippen molar-refractivity contribution < 1.29 is 9.90 Å². The minimum atomic E-state index is -0.243. The van der Waals surface area contributed by atoms with Gasteiger partial charge in [0.2, 0.25) is 5.95 Å². The summed E-state index contributed by atoms with van der Waals surface area (Å²) in [5, 5.41) is 29.8. The van der Waals surface area contributed by atoms with Crippen LogP contribution in [-0.2, 0) is 0 Å². The van der Waals surface area contributed by atoms with Gasteiger partial charge in [0.1, 0.15) is 0 Å².